The molecule has 0 aromatic rings. The molecule has 0 atom stereocenters. The summed E-state index contributed by atoms with van der Waals surface area (Å²) in [5.74, 6) is 0. The molecule has 1 N–H and O–H groups in total. The van der Waals surface area contributed by atoms with Gasteiger partial charge in [-0.1, -0.05) is 6.58 Å². The Morgan fingerprint density at radius 1 is 1.86 bits per heavy atom. The molecule has 0 aromatic heterocycles. The fourth-order valence-electron chi connectivity index (χ4n) is 0.181. The minimum absolute atomic E-state index is 0.676. The minimum Gasteiger partial charge on any atom is -0.307 e. The highest BCUT2D eigenvalue weighted by molar-refractivity contribution is 6.28. The third-order valence-corrected chi connectivity index (χ3v) is 0.504. The summed E-state index contributed by atoms with van der Waals surface area (Å²) in [6, 6.07) is 0. The third-order valence-electron chi connectivity index (χ3n) is 0.504. The lowest BCUT2D eigenvalue weighted by atomic mass is 10.5. The first-order chi connectivity index (χ1) is 3.31. The van der Waals surface area contributed by atoms with Crippen molar-refractivity contribution in [1.29, 1.82) is 5.41 Å². The van der Waals surface area contributed by atoms with Gasteiger partial charge in [0.15, 0.2) is 0 Å². The van der Waals surface area contributed by atoms with Gasteiger partial charge in [0.1, 0.15) is 0 Å². The molecule has 0 saturated carbocycles. The van der Waals surface area contributed by atoms with E-state index in [1.54, 1.807) is 6.92 Å². The molecule has 0 saturated heterocycles. The summed E-state index contributed by atoms with van der Waals surface area (Å²) in [4.78, 5) is 3.68. The molecule has 0 fully saturated rings. The van der Waals surface area contributed by atoms with E-state index < -0.39 is 0 Å². The Morgan fingerprint density at radius 2 is 2.43 bits per heavy atom. The van der Waals surface area contributed by atoms with Gasteiger partial charge in [0.05, 0.1) is 5.71 Å². The SMILES string of the molecule is C=C/N=C(/C)C=N. The maximum atomic E-state index is 6.61. The van der Waals surface area contributed by atoms with Crippen molar-refractivity contribution in [2.75, 3.05) is 0 Å². The zero-order valence-corrected chi connectivity index (χ0v) is 4.31. The smallest absolute Gasteiger partial charge is 0.0547 e. The van der Waals surface area contributed by atoms with E-state index in [4.69, 9.17) is 5.41 Å². The first-order valence-corrected chi connectivity index (χ1v) is 1.97. The summed E-state index contributed by atoms with van der Waals surface area (Å²) in [5.41, 5.74) is 0.676. The lowest BCUT2D eigenvalue weighted by molar-refractivity contribution is 1.54. The van der Waals surface area contributed by atoms with E-state index in [1.165, 1.54) is 12.4 Å². The van der Waals surface area contributed by atoms with E-state index in [9.17, 15) is 0 Å². The van der Waals surface area contributed by atoms with Crippen LogP contribution in [0.1, 0.15) is 6.92 Å². The Kier molecular flexibility index (Phi) is 2.85. The van der Waals surface area contributed by atoms with Crippen molar-refractivity contribution in [1.82, 2.24) is 0 Å². The van der Waals surface area contributed by atoms with Gasteiger partial charge in [-0.25, -0.2) is 0 Å². The minimum atomic E-state index is 0.676. The van der Waals surface area contributed by atoms with Crippen LogP contribution in [0.2, 0.25) is 0 Å². The average Bonchev–Trinajstić information content (AvgIpc) is 1.68. The van der Waals surface area contributed by atoms with Gasteiger partial charge in [-0.15, -0.1) is 0 Å². The summed E-state index contributed by atoms with van der Waals surface area (Å²) in [6.07, 6.45) is 2.60. The molecule has 0 aliphatic carbocycles. The molecule has 0 aromatic carbocycles. The number of aliphatic imine (C=N–C) groups is 1. The standard InChI is InChI=1S/C5H8N2/c1-3-7-5(2)4-6/h3-4,6H,1H2,2H3/b6-4?,7-5-. The Labute approximate surface area is 43.1 Å². The highest BCUT2D eigenvalue weighted by atomic mass is 14.7. The van der Waals surface area contributed by atoms with Crippen LogP contribution in [0.15, 0.2) is 17.8 Å². The molecule has 0 radical (unpaired) electrons. The van der Waals surface area contributed by atoms with E-state index >= 15 is 0 Å². The zero-order valence-electron chi connectivity index (χ0n) is 4.31. The molecular weight excluding hydrogens is 88.1 g/mol. The molecular formula is C5H8N2. The normalized spacial score (nSPS) is 10.7. The molecule has 0 unspecified atom stereocenters. The van der Waals surface area contributed by atoms with Crippen molar-refractivity contribution < 1.29 is 0 Å². The van der Waals surface area contributed by atoms with Crippen LogP contribution >= 0.6 is 0 Å². The third kappa shape index (κ3) is 2.89. The zero-order chi connectivity index (χ0) is 5.70. The summed E-state index contributed by atoms with van der Waals surface area (Å²) in [6.45, 7) is 5.10. The van der Waals surface area contributed by atoms with E-state index in [1.807, 2.05) is 0 Å². The monoisotopic (exact) mass is 96.1 g/mol. The number of hydrogen-bond acceptors (Lipinski definition) is 2. The predicted octanol–water partition coefficient (Wildman–Crippen LogP) is 1.24. The summed E-state index contributed by atoms with van der Waals surface area (Å²) >= 11 is 0. The van der Waals surface area contributed by atoms with Gasteiger partial charge in [0, 0.05) is 12.4 Å². The molecule has 0 bridgehead atoms. The maximum Gasteiger partial charge on any atom is 0.0547 e. The lowest BCUT2D eigenvalue weighted by Crippen LogP contribution is -1.86. The molecule has 38 valence electrons. The molecule has 2 nitrogen and oxygen atoms in total. The van der Waals surface area contributed by atoms with Crippen molar-refractivity contribution in [3.63, 3.8) is 0 Å². The summed E-state index contributed by atoms with van der Waals surface area (Å²) in [5, 5.41) is 6.61. The molecule has 0 amide bonds. The average molecular weight is 96.1 g/mol. The van der Waals surface area contributed by atoms with Crippen molar-refractivity contribution in [2.24, 2.45) is 4.99 Å². The van der Waals surface area contributed by atoms with Gasteiger partial charge < -0.3 is 5.41 Å². The first kappa shape index (κ1) is 6.08. The fraction of sp³-hybridized carbons (Fsp3) is 0.200. The van der Waals surface area contributed by atoms with E-state index in [-0.39, 0.29) is 0 Å². The van der Waals surface area contributed by atoms with Crippen LogP contribution in [0.4, 0.5) is 0 Å². The van der Waals surface area contributed by atoms with Gasteiger partial charge in [-0.05, 0) is 6.92 Å². The van der Waals surface area contributed by atoms with Crippen LogP contribution in [0.3, 0.4) is 0 Å². The molecule has 0 rings (SSSR count). The van der Waals surface area contributed by atoms with Crippen molar-refractivity contribution >= 4 is 11.9 Å². The molecule has 0 aliphatic heterocycles. The van der Waals surface area contributed by atoms with Crippen molar-refractivity contribution in [3.05, 3.63) is 12.8 Å². The van der Waals surface area contributed by atoms with Gasteiger partial charge in [-0.2, -0.15) is 0 Å². The van der Waals surface area contributed by atoms with E-state index in [2.05, 4.69) is 11.6 Å². The van der Waals surface area contributed by atoms with Gasteiger partial charge in [0.2, 0.25) is 0 Å². The van der Waals surface area contributed by atoms with Gasteiger partial charge >= 0.3 is 0 Å². The second-order valence-corrected chi connectivity index (χ2v) is 1.10. The second-order valence-electron chi connectivity index (χ2n) is 1.10. The molecule has 2 heteroatoms. The number of nitrogens with one attached hydrogen (secondary N) is 1. The topological polar surface area (TPSA) is 36.2 Å². The molecule has 0 spiro atoms. The molecule has 0 heterocycles. The largest absolute Gasteiger partial charge is 0.307 e. The van der Waals surface area contributed by atoms with Crippen LogP contribution in [0.5, 0.6) is 0 Å². The van der Waals surface area contributed by atoms with Crippen LogP contribution in [0, 0.1) is 5.41 Å². The van der Waals surface area contributed by atoms with Crippen LogP contribution < -0.4 is 0 Å². The van der Waals surface area contributed by atoms with Crippen molar-refractivity contribution in [3.8, 4) is 0 Å². The van der Waals surface area contributed by atoms with E-state index in [0.717, 1.165) is 0 Å². The first-order valence-electron chi connectivity index (χ1n) is 1.97. The number of nitrogens with zero attached hydrogens (tertiary/aromatic N) is 1. The van der Waals surface area contributed by atoms with E-state index in [0.29, 0.717) is 5.71 Å². The number of rotatable bonds is 2. The summed E-state index contributed by atoms with van der Waals surface area (Å²) in [7, 11) is 0. The molecule has 7 heavy (non-hydrogen) atoms. The Morgan fingerprint density at radius 3 is 2.57 bits per heavy atom. The Hall–Kier alpha value is -0.920. The predicted molar refractivity (Wildman–Crippen MR) is 32.1 cm³/mol. The van der Waals surface area contributed by atoms with Crippen LogP contribution in [-0.4, -0.2) is 11.9 Å². The summed E-state index contributed by atoms with van der Waals surface area (Å²) < 4.78 is 0. The highest BCUT2D eigenvalue weighted by Crippen LogP contribution is 1.70. The van der Waals surface area contributed by atoms with Crippen molar-refractivity contribution in [2.45, 2.75) is 6.92 Å². The highest BCUT2D eigenvalue weighted by Gasteiger charge is 1.72. The fourth-order valence-corrected chi connectivity index (χ4v) is 0.181. The second kappa shape index (κ2) is 3.28. The Bertz CT molecular complexity index is 103. The van der Waals surface area contributed by atoms with Gasteiger partial charge in [0.25, 0.3) is 0 Å². The quantitative estimate of drug-likeness (QED) is 0.502. The lowest BCUT2D eigenvalue weighted by Gasteiger charge is -1.78. The van der Waals surface area contributed by atoms with Crippen LogP contribution in [-0.2, 0) is 0 Å². The van der Waals surface area contributed by atoms with Crippen LogP contribution in [0.25, 0.3) is 0 Å². The van der Waals surface area contributed by atoms with Gasteiger partial charge in [-0.3, -0.25) is 4.99 Å². The molecule has 0 aliphatic rings. The Balaban J connectivity index is 3.72. The number of hydrogen-bond donors (Lipinski definition) is 1. The maximum absolute atomic E-state index is 6.61.